The van der Waals surface area contributed by atoms with Crippen LogP contribution < -0.4 is 16.0 Å². The first-order chi connectivity index (χ1) is 15.6. The lowest BCUT2D eigenvalue weighted by Gasteiger charge is -2.15. The van der Waals surface area contributed by atoms with Gasteiger partial charge in [0.05, 0.1) is 23.2 Å². The van der Waals surface area contributed by atoms with Crippen molar-refractivity contribution in [3.63, 3.8) is 0 Å². The molecular weight excluding hydrogens is 457 g/mol. The lowest BCUT2D eigenvalue weighted by Crippen LogP contribution is -2.20. The van der Waals surface area contributed by atoms with E-state index in [2.05, 4.69) is 20.9 Å². The molecule has 10 heteroatoms. The molecule has 0 saturated carbocycles. The zero-order chi connectivity index (χ0) is 24.2. The van der Waals surface area contributed by atoms with E-state index < -0.39 is 23.6 Å². The SMILES string of the molecule is CNC(=O)c1cnc(Nc2ccccc2C)c(NC(=O)Cc2cc(Cl)cc(C(F)(F)F)c2)c1. The predicted molar refractivity (Wildman–Crippen MR) is 121 cm³/mol. The van der Waals surface area contributed by atoms with Crippen molar-refractivity contribution in [2.45, 2.75) is 19.5 Å². The Balaban J connectivity index is 1.89. The van der Waals surface area contributed by atoms with E-state index in [1.165, 1.54) is 25.4 Å². The number of alkyl halides is 3. The number of nitrogens with zero attached hydrogens (tertiary/aromatic N) is 1. The number of halogens is 4. The lowest BCUT2D eigenvalue weighted by atomic mass is 10.1. The Morgan fingerprint density at radius 1 is 1.06 bits per heavy atom. The van der Waals surface area contributed by atoms with Crippen molar-refractivity contribution >= 4 is 40.6 Å². The van der Waals surface area contributed by atoms with Gasteiger partial charge in [0.1, 0.15) is 0 Å². The van der Waals surface area contributed by atoms with Crippen molar-refractivity contribution in [3.05, 3.63) is 82.0 Å². The molecule has 1 heterocycles. The number of para-hydroxylation sites is 1. The summed E-state index contributed by atoms with van der Waals surface area (Å²) in [5, 5.41) is 8.08. The minimum absolute atomic E-state index is 0.0937. The van der Waals surface area contributed by atoms with Crippen molar-refractivity contribution in [2.24, 2.45) is 0 Å². The number of carbonyl (C=O) groups is 2. The third-order valence-electron chi connectivity index (χ3n) is 4.70. The molecule has 6 nitrogen and oxygen atoms in total. The van der Waals surface area contributed by atoms with E-state index >= 15 is 0 Å². The summed E-state index contributed by atoms with van der Waals surface area (Å²) in [5.74, 6) is -0.744. The number of pyridine rings is 1. The van der Waals surface area contributed by atoms with Gasteiger partial charge in [-0.15, -0.1) is 0 Å². The first-order valence-electron chi connectivity index (χ1n) is 9.78. The van der Waals surface area contributed by atoms with Crippen LogP contribution in [0.4, 0.5) is 30.4 Å². The number of aromatic nitrogens is 1. The van der Waals surface area contributed by atoms with Crippen molar-refractivity contribution in [1.29, 1.82) is 0 Å². The van der Waals surface area contributed by atoms with Gasteiger partial charge < -0.3 is 16.0 Å². The fraction of sp³-hybridized carbons (Fsp3) is 0.174. The highest BCUT2D eigenvalue weighted by Gasteiger charge is 2.31. The summed E-state index contributed by atoms with van der Waals surface area (Å²) >= 11 is 5.81. The van der Waals surface area contributed by atoms with Gasteiger partial charge in [-0.2, -0.15) is 13.2 Å². The second-order valence-electron chi connectivity index (χ2n) is 7.21. The molecule has 3 rings (SSSR count). The second-order valence-corrected chi connectivity index (χ2v) is 7.65. The monoisotopic (exact) mass is 476 g/mol. The lowest BCUT2D eigenvalue weighted by molar-refractivity contribution is -0.137. The summed E-state index contributed by atoms with van der Waals surface area (Å²) in [5.41, 5.74) is 1.20. The Morgan fingerprint density at radius 3 is 2.45 bits per heavy atom. The number of benzene rings is 2. The minimum Gasteiger partial charge on any atom is -0.355 e. The molecule has 0 atom stereocenters. The van der Waals surface area contributed by atoms with E-state index in [0.29, 0.717) is 0 Å². The average Bonchev–Trinajstić information content (AvgIpc) is 2.74. The van der Waals surface area contributed by atoms with Crippen LogP contribution in [0.3, 0.4) is 0 Å². The van der Waals surface area contributed by atoms with Crippen LogP contribution in [0.25, 0.3) is 0 Å². The molecule has 0 fully saturated rings. The van der Waals surface area contributed by atoms with Gasteiger partial charge >= 0.3 is 6.18 Å². The molecular formula is C23H20ClF3N4O2. The summed E-state index contributed by atoms with van der Waals surface area (Å²) in [6.07, 6.45) is -3.61. The fourth-order valence-electron chi connectivity index (χ4n) is 3.06. The van der Waals surface area contributed by atoms with Crippen LogP contribution in [0, 0.1) is 6.92 Å². The highest BCUT2D eigenvalue weighted by Crippen LogP contribution is 2.32. The van der Waals surface area contributed by atoms with Gasteiger partial charge in [-0.3, -0.25) is 9.59 Å². The summed E-state index contributed by atoms with van der Waals surface area (Å²) < 4.78 is 39.2. The maximum absolute atomic E-state index is 13.1. The van der Waals surface area contributed by atoms with Crippen LogP contribution in [0.5, 0.6) is 0 Å². The summed E-state index contributed by atoms with van der Waals surface area (Å²) in [4.78, 5) is 29.0. The molecule has 1 aromatic heterocycles. The molecule has 0 aliphatic heterocycles. The quantitative estimate of drug-likeness (QED) is 0.448. The fourth-order valence-corrected chi connectivity index (χ4v) is 3.32. The zero-order valence-electron chi connectivity index (χ0n) is 17.7. The maximum atomic E-state index is 13.1. The molecule has 3 N–H and O–H groups in total. The Bertz CT molecular complexity index is 1200. The second kappa shape index (κ2) is 9.91. The molecule has 172 valence electrons. The highest BCUT2D eigenvalue weighted by molar-refractivity contribution is 6.30. The van der Waals surface area contributed by atoms with Crippen molar-refractivity contribution in [2.75, 3.05) is 17.7 Å². The summed E-state index contributed by atoms with van der Waals surface area (Å²) in [6, 6.07) is 11.8. The third kappa shape index (κ3) is 6.23. The molecule has 0 bridgehead atoms. The van der Waals surface area contributed by atoms with Gasteiger partial charge in [0.25, 0.3) is 5.91 Å². The summed E-state index contributed by atoms with van der Waals surface area (Å²) in [7, 11) is 1.46. The number of amides is 2. The molecule has 0 unspecified atom stereocenters. The number of aryl methyl sites for hydroxylation is 1. The van der Waals surface area contributed by atoms with Crippen LogP contribution in [0.15, 0.2) is 54.7 Å². The van der Waals surface area contributed by atoms with E-state index in [4.69, 9.17) is 11.6 Å². The van der Waals surface area contributed by atoms with E-state index in [9.17, 15) is 22.8 Å². The number of carbonyl (C=O) groups excluding carboxylic acids is 2. The van der Waals surface area contributed by atoms with Crippen molar-refractivity contribution in [1.82, 2.24) is 10.3 Å². The van der Waals surface area contributed by atoms with Crippen LogP contribution in [-0.2, 0) is 17.4 Å². The van der Waals surface area contributed by atoms with Gasteiger partial charge in [0.2, 0.25) is 5.91 Å². The molecule has 2 amide bonds. The first-order valence-corrected chi connectivity index (χ1v) is 10.2. The third-order valence-corrected chi connectivity index (χ3v) is 4.92. The molecule has 0 saturated heterocycles. The van der Waals surface area contributed by atoms with Gasteiger partial charge in [0, 0.05) is 24.0 Å². The van der Waals surface area contributed by atoms with E-state index in [0.717, 1.165) is 23.4 Å². The minimum atomic E-state index is -4.59. The summed E-state index contributed by atoms with van der Waals surface area (Å²) in [6.45, 7) is 1.89. The molecule has 0 aliphatic rings. The number of nitrogens with one attached hydrogen (secondary N) is 3. The number of hydrogen-bond acceptors (Lipinski definition) is 4. The van der Waals surface area contributed by atoms with Gasteiger partial charge in [-0.05, 0) is 48.4 Å². The van der Waals surface area contributed by atoms with E-state index in [1.807, 2.05) is 31.2 Å². The Kier molecular flexibility index (Phi) is 7.23. The Morgan fingerprint density at radius 2 is 1.79 bits per heavy atom. The number of rotatable bonds is 6. The largest absolute Gasteiger partial charge is 0.416 e. The molecule has 2 aromatic carbocycles. The van der Waals surface area contributed by atoms with Crippen LogP contribution >= 0.6 is 11.6 Å². The average molecular weight is 477 g/mol. The normalized spacial score (nSPS) is 11.1. The maximum Gasteiger partial charge on any atom is 0.416 e. The first kappa shape index (κ1) is 24.1. The van der Waals surface area contributed by atoms with Gasteiger partial charge in [-0.25, -0.2) is 4.98 Å². The molecule has 33 heavy (non-hydrogen) atoms. The van der Waals surface area contributed by atoms with Crippen molar-refractivity contribution in [3.8, 4) is 0 Å². The highest BCUT2D eigenvalue weighted by atomic mass is 35.5. The molecule has 0 aliphatic carbocycles. The number of hydrogen-bond donors (Lipinski definition) is 3. The smallest absolute Gasteiger partial charge is 0.355 e. The predicted octanol–water partition coefficient (Wildman–Crippen LogP) is 5.35. The van der Waals surface area contributed by atoms with Crippen LogP contribution in [-0.4, -0.2) is 23.8 Å². The molecule has 3 aromatic rings. The van der Waals surface area contributed by atoms with Crippen LogP contribution in [0.2, 0.25) is 5.02 Å². The molecule has 0 spiro atoms. The van der Waals surface area contributed by atoms with Crippen molar-refractivity contribution < 1.29 is 22.8 Å². The molecule has 0 radical (unpaired) electrons. The van der Waals surface area contributed by atoms with Gasteiger partial charge in [0.15, 0.2) is 5.82 Å². The standard InChI is InChI=1S/C23H20ClF3N4O2/c1-13-5-3-4-6-18(13)31-21-19(10-15(12-29-21)22(33)28-2)30-20(32)9-14-7-16(23(25,26)27)11-17(24)8-14/h3-8,10-12H,9H2,1-2H3,(H,28,33)(H,29,31)(H,30,32). The van der Waals surface area contributed by atoms with Crippen LogP contribution in [0.1, 0.15) is 27.0 Å². The Labute approximate surface area is 193 Å². The van der Waals surface area contributed by atoms with E-state index in [1.54, 1.807) is 0 Å². The topological polar surface area (TPSA) is 83.1 Å². The Hall–Kier alpha value is -3.59. The van der Waals surface area contributed by atoms with E-state index in [-0.39, 0.29) is 34.1 Å². The number of anilines is 3. The van der Waals surface area contributed by atoms with Gasteiger partial charge in [-0.1, -0.05) is 29.8 Å². The zero-order valence-corrected chi connectivity index (χ0v) is 18.4.